The fourth-order valence-electron chi connectivity index (χ4n) is 1.81. The Morgan fingerprint density at radius 3 is 2.28 bits per heavy atom. The summed E-state index contributed by atoms with van der Waals surface area (Å²) >= 11 is 0. The molecule has 0 aliphatic heterocycles. The molecule has 25 heavy (non-hydrogen) atoms. The number of carbonyl (C=O) groups is 1. The van der Waals surface area contributed by atoms with Crippen LogP contribution in [0.1, 0.15) is 49.1 Å². The van der Waals surface area contributed by atoms with E-state index in [1.54, 1.807) is 20.2 Å². The smallest absolute Gasteiger partial charge is 0.364 e. The third-order valence-electron chi connectivity index (χ3n) is 2.75. The topological polar surface area (TPSA) is 98.7 Å². The second-order valence-corrected chi connectivity index (χ2v) is 5.13. The van der Waals surface area contributed by atoms with Crippen LogP contribution in [0.2, 0.25) is 0 Å². The van der Waals surface area contributed by atoms with Crippen molar-refractivity contribution in [3.8, 4) is 0 Å². The number of primary amides is 1. The number of carbonyl (C=O) groups excluding carboxylic acids is 1. The third kappa shape index (κ3) is 5.44. The van der Waals surface area contributed by atoms with Crippen molar-refractivity contribution in [2.45, 2.75) is 39.8 Å². The number of hydrogen-bond donors (Lipinski definition) is 2. The van der Waals surface area contributed by atoms with E-state index in [0.29, 0.717) is 0 Å². The van der Waals surface area contributed by atoms with E-state index in [1.165, 1.54) is 17.2 Å². The summed E-state index contributed by atoms with van der Waals surface area (Å²) < 4.78 is 41.2. The monoisotopic (exact) mass is 358 g/mol. The number of aromatic nitrogens is 4. The summed E-state index contributed by atoms with van der Waals surface area (Å²) in [5.74, 6) is -1.59. The van der Waals surface area contributed by atoms with E-state index < -0.39 is 29.2 Å². The molecule has 0 aliphatic carbocycles. The molecule has 0 fully saturated rings. The van der Waals surface area contributed by atoms with Gasteiger partial charge in [-0.3, -0.25) is 9.48 Å². The molecule has 2 rings (SSSR count). The van der Waals surface area contributed by atoms with Crippen LogP contribution in [-0.4, -0.2) is 25.7 Å². The molecule has 0 radical (unpaired) electrons. The average molecular weight is 358 g/mol. The Labute approximate surface area is 143 Å². The van der Waals surface area contributed by atoms with E-state index in [9.17, 15) is 18.0 Å². The molecule has 7 nitrogen and oxygen atoms in total. The Morgan fingerprint density at radius 2 is 1.88 bits per heavy atom. The predicted molar refractivity (Wildman–Crippen MR) is 87.4 cm³/mol. The van der Waals surface area contributed by atoms with E-state index >= 15 is 0 Å². The van der Waals surface area contributed by atoms with E-state index in [4.69, 9.17) is 5.73 Å². The molecule has 0 saturated heterocycles. The molecule has 3 N–H and O–H groups in total. The molecule has 10 heteroatoms. The predicted octanol–water partition coefficient (Wildman–Crippen LogP) is 3.05. The normalized spacial score (nSPS) is 10.8. The van der Waals surface area contributed by atoms with Gasteiger partial charge in [-0.25, -0.2) is 9.97 Å². The summed E-state index contributed by atoms with van der Waals surface area (Å²) in [6, 6.07) is 1.47. The highest BCUT2D eigenvalue weighted by Crippen LogP contribution is 2.36. The van der Waals surface area contributed by atoms with Gasteiger partial charge < -0.3 is 11.1 Å². The first kappa shape index (κ1) is 20.4. The van der Waals surface area contributed by atoms with Crippen molar-refractivity contribution in [3.63, 3.8) is 0 Å². The van der Waals surface area contributed by atoms with Gasteiger partial charge in [-0.05, 0) is 0 Å². The molecule has 0 aliphatic rings. The van der Waals surface area contributed by atoms with Gasteiger partial charge in [0.25, 0.3) is 5.91 Å². The van der Waals surface area contributed by atoms with E-state index in [0.717, 1.165) is 0 Å². The first-order valence-electron chi connectivity index (χ1n) is 7.68. The Hall–Kier alpha value is -2.65. The van der Waals surface area contributed by atoms with Gasteiger partial charge in [0, 0.05) is 25.7 Å². The largest absolute Gasteiger partial charge is 0.422 e. The second kappa shape index (κ2) is 8.45. The van der Waals surface area contributed by atoms with Crippen molar-refractivity contribution in [1.82, 2.24) is 19.7 Å². The van der Waals surface area contributed by atoms with Gasteiger partial charge in [0.05, 0.1) is 0 Å². The summed E-state index contributed by atoms with van der Waals surface area (Å²) in [7, 11) is 1.61. The molecule has 0 bridgehead atoms. The molecule has 0 unspecified atom stereocenters. The Kier molecular flexibility index (Phi) is 6.89. The van der Waals surface area contributed by atoms with Crippen molar-refractivity contribution in [2.24, 2.45) is 12.8 Å². The third-order valence-corrected chi connectivity index (χ3v) is 2.75. The molecule has 0 spiro atoms. The number of amides is 1. The molecule has 0 aromatic carbocycles. The number of hydrogen-bond acceptors (Lipinski definition) is 5. The number of nitrogens with two attached hydrogens (primary N) is 1. The van der Waals surface area contributed by atoms with Gasteiger partial charge in [0.1, 0.15) is 22.9 Å². The standard InChI is InChI=1S/C12H13F3N6O.C3H8/c1-3-6-17-9(10(16)22)8(12(13,14)15)11(18-6)19-7-4-5-21(2)20-7;1-3-2/h4-5H,3H2,1-2H3,(H2,16,22)(H,17,18,19,20);3H2,1-2H3. The van der Waals surface area contributed by atoms with Crippen molar-refractivity contribution < 1.29 is 18.0 Å². The molecular weight excluding hydrogens is 337 g/mol. The van der Waals surface area contributed by atoms with Gasteiger partial charge in [-0.15, -0.1) is 0 Å². The van der Waals surface area contributed by atoms with E-state index in [-0.39, 0.29) is 18.1 Å². The highest BCUT2D eigenvalue weighted by Gasteiger charge is 2.40. The summed E-state index contributed by atoms with van der Waals surface area (Å²) in [5, 5.41) is 6.38. The van der Waals surface area contributed by atoms with Crippen LogP contribution >= 0.6 is 0 Å². The maximum Gasteiger partial charge on any atom is 0.422 e. The molecule has 1 amide bonds. The van der Waals surface area contributed by atoms with E-state index in [1.807, 2.05) is 0 Å². The molecule has 0 saturated carbocycles. The van der Waals surface area contributed by atoms with Crippen molar-refractivity contribution in [1.29, 1.82) is 0 Å². The lowest BCUT2D eigenvalue weighted by molar-refractivity contribution is -0.137. The van der Waals surface area contributed by atoms with Gasteiger partial charge in [-0.1, -0.05) is 27.2 Å². The quantitative estimate of drug-likeness (QED) is 0.875. The number of nitrogens with zero attached hydrogens (tertiary/aromatic N) is 4. The summed E-state index contributed by atoms with van der Waals surface area (Å²) in [5.41, 5.74) is 2.86. The number of nitrogens with one attached hydrogen (secondary N) is 1. The minimum Gasteiger partial charge on any atom is -0.364 e. The molecule has 0 atom stereocenters. The molecule has 2 heterocycles. The SMILES string of the molecule is CCC.CCc1nc(Nc2ccn(C)n2)c(C(F)(F)F)c(C(N)=O)n1. The molecule has 2 aromatic heterocycles. The fourth-order valence-corrected chi connectivity index (χ4v) is 1.81. The zero-order valence-corrected chi connectivity index (χ0v) is 14.5. The Bertz CT molecular complexity index is 727. The molecular formula is C15H21F3N6O. The lowest BCUT2D eigenvalue weighted by Gasteiger charge is -2.16. The first-order valence-corrected chi connectivity index (χ1v) is 7.68. The van der Waals surface area contributed by atoms with Crippen LogP contribution in [0.15, 0.2) is 12.3 Å². The lowest BCUT2D eigenvalue weighted by atomic mass is 10.1. The van der Waals surface area contributed by atoms with E-state index in [2.05, 4.69) is 34.2 Å². The Balaban J connectivity index is 0.000000970. The summed E-state index contributed by atoms with van der Waals surface area (Å²) in [6.45, 7) is 5.90. The second-order valence-electron chi connectivity index (χ2n) is 5.13. The molecule has 2 aromatic rings. The van der Waals surface area contributed by atoms with Gasteiger partial charge in [-0.2, -0.15) is 18.3 Å². The van der Waals surface area contributed by atoms with Crippen LogP contribution in [0.4, 0.5) is 24.8 Å². The number of anilines is 2. The van der Waals surface area contributed by atoms with Crippen molar-refractivity contribution >= 4 is 17.5 Å². The highest BCUT2D eigenvalue weighted by atomic mass is 19.4. The average Bonchev–Trinajstić information content (AvgIpc) is 2.91. The van der Waals surface area contributed by atoms with Crippen LogP contribution in [0.25, 0.3) is 0 Å². The number of rotatable bonds is 4. The number of halogens is 3. The fraction of sp³-hybridized carbons (Fsp3) is 0.467. The van der Waals surface area contributed by atoms with Crippen LogP contribution in [-0.2, 0) is 19.6 Å². The van der Waals surface area contributed by atoms with Gasteiger partial charge in [0.2, 0.25) is 0 Å². The van der Waals surface area contributed by atoms with Crippen molar-refractivity contribution in [3.05, 3.63) is 29.3 Å². The maximum absolute atomic E-state index is 13.3. The zero-order valence-electron chi connectivity index (χ0n) is 14.5. The Morgan fingerprint density at radius 1 is 1.28 bits per heavy atom. The van der Waals surface area contributed by atoms with Crippen LogP contribution in [0.3, 0.4) is 0 Å². The zero-order chi connectivity index (χ0) is 19.2. The molecule has 138 valence electrons. The number of aryl methyl sites for hydroxylation is 2. The minimum absolute atomic E-state index is 0.0697. The van der Waals surface area contributed by atoms with Crippen LogP contribution in [0, 0.1) is 0 Å². The maximum atomic E-state index is 13.3. The van der Waals surface area contributed by atoms with Crippen molar-refractivity contribution in [2.75, 3.05) is 5.32 Å². The minimum atomic E-state index is -4.84. The number of alkyl halides is 3. The highest BCUT2D eigenvalue weighted by molar-refractivity contribution is 5.94. The first-order chi connectivity index (χ1) is 11.6. The lowest BCUT2D eigenvalue weighted by Crippen LogP contribution is -2.24. The van der Waals surface area contributed by atoms with Crippen LogP contribution in [0.5, 0.6) is 0 Å². The summed E-state index contributed by atoms with van der Waals surface area (Å²) in [4.78, 5) is 18.7. The van der Waals surface area contributed by atoms with Gasteiger partial charge in [0.15, 0.2) is 5.82 Å². The van der Waals surface area contributed by atoms with Crippen LogP contribution < -0.4 is 11.1 Å². The van der Waals surface area contributed by atoms with Gasteiger partial charge >= 0.3 is 6.18 Å². The summed E-state index contributed by atoms with van der Waals surface area (Å²) in [6.07, 6.45) is -1.80.